The molecule has 6 nitrogen and oxygen atoms in total. The van der Waals surface area contributed by atoms with E-state index in [9.17, 15) is 10.1 Å². The van der Waals surface area contributed by atoms with E-state index in [0.717, 1.165) is 32.3 Å². The highest BCUT2D eigenvalue weighted by molar-refractivity contribution is 8.02. The van der Waals surface area contributed by atoms with Gasteiger partial charge in [-0.15, -0.1) is 11.8 Å². The van der Waals surface area contributed by atoms with Gasteiger partial charge in [0.2, 0.25) is 0 Å². The highest BCUT2D eigenvalue weighted by Gasteiger charge is 2.22. The molecule has 0 spiro atoms. The maximum Gasteiger partial charge on any atom is 0.263 e. The minimum absolute atomic E-state index is 0.377. The number of thioether (sulfide) groups is 1. The molecule has 1 fully saturated rings. The van der Waals surface area contributed by atoms with Gasteiger partial charge in [-0.25, -0.2) is 0 Å². The Morgan fingerprint density at radius 2 is 2.42 bits per heavy atom. The van der Waals surface area contributed by atoms with Crippen molar-refractivity contribution in [1.29, 1.82) is 0 Å². The summed E-state index contributed by atoms with van der Waals surface area (Å²) in [6.07, 6.45) is 4.33. The molecule has 1 N–H and O–H groups in total. The fraction of sp³-hybridized carbons (Fsp3) is 0.833. The first-order valence-electron chi connectivity index (χ1n) is 6.44. The standard InChI is InChI=1S/C12H23N3O3S/c1-10-6-11(9-18-10)7-14(2)5-4-13-12(19-3)8-15(16)17/h8,10-11,13H,4-7,9H2,1-3H3. The van der Waals surface area contributed by atoms with E-state index in [1.54, 1.807) is 0 Å². The van der Waals surface area contributed by atoms with E-state index in [0.29, 0.717) is 23.6 Å². The predicted molar refractivity (Wildman–Crippen MR) is 77.6 cm³/mol. The maximum atomic E-state index is 10.4. The Bertz CT molecular complexity index is 325. The molecule has 1 saturated heterocycles. The number of nitrogens with zero attached hydrogens (tertiary/aromatic N) is 2. The van der Waals surface area contributed by atoms with E-state index >= 15 is 0 Å². The fourth-order valence-electron chi connectivity index (χ4n) is 2.20. The molecule has 1 aliphatic heterocycles. The third-order valence-electron chi connectivity index (χ3n) is 3.09. The first-order chi connectivity index (χ1) is 9.01. The molecule has 0 aromatic carbocycles. The Morgan fingerprint density at radius 3 is 2.95 bits per heavy atom. The van der Waals surface area contributed by atoms with Crippen molar-refractivity contribution in [3.05, 3.63) is 21.3 Å². The number of nitro groups is 1. The van der Waals surface area contributed by atoms with Gasteiger partial charge in [0.05, 0.1) is 17.6 Å². The molecule has 0 amide bonds. The summed E-state index contributed by atoms with van der Waals surface area (Å²) in [5.74, 6) is 0.606. The van der Waals surface area contributed by atoms with Gasteiger partial charge < -0.3 is 15.0 Å². The van der Waals surface area contributed by atoms with Crippen molar-refractivity contribution in [2.45, 2.75) is 19.4 Å². The van der Waals surface area contributed by atoms with Crippen LogP contribution >= 0.6 is 11.8 Å². The summed E-state index contributed by atoms with van der Waals surface area (Å²) >= 11 is 1.35. The zero-order chi connectivity index (χ0) is 14.3. The Labute approximate surface area is 118 Å². The molecule has 7 heteroatoms. The molecule has 0 aliphatic carbocycles. The molecule has 2 atom stereocenters. The number of rotatable bonds is 8. The molecule has 2 unspecified atom stereocenters. The number of ether oxygens (including phenoxy) is 1. The fourth-order valence-corrected chi connectivity index (χ4v) is 2.64. The third-order valence-corrected chi connectivity index (χ3v) is 3.78. The molecule has 0 radical (unpaired) electrons. The Hall–Kier alpha value is -0.790. The van der Waals surface area contributed by atoms with Crippen LogP contribution in [0.1, 0.15) is 13.3 Å². The minimum atomic E-state index is -0.431. The second-order valence-electron chi connectivity index (χ2n) is 4.92. The van der Waals surface area contributed by atoms with Crippen molar-refractivity contribution in [3.8, 4) is 0 Å². The average molecular weight is 289 g/mol. The van der Waals surface area contributed by atoms with Gasteiger partial charge in [-0.3, -0.25) is 10.1 Å². The monoisotopic (exact) mass is 289 g/mol. The van der Waals surface area contributed by atoms with E-state index in [-0.39, 0.29) is 0 Å². The topological polar surface area (TPSA) is 67.6 Å². The predicted octanol–water partition coefficient (Wildman–Crippen LogP) is 1.37. The van der Waals surface area contributed by atoms with Crippen molar-refractivity contribution in [2.75, 3.05) is 39.5 Å². The van der Waals surface area contributed by atoms with Gasteiger partial charge in [0.15, 0.2) is 0 Å². The van der Waals surface area contributed by atoms with Crippen LogP contribution < -0.4 is 5.32 Å². The lowest BCUT2D eigenvalue weighted by Crippen LogP contribution is -2.32. The van der Waals surface area contributed by atoms with E-state index < -0.39 is 4.92 Å². The normalized spacial score (nSPS) is 23.9. The first kappa shape index (κ1) is 16.3. The third kappa shape index (κ3) is 6.79. The van der Waals surface area contributed by atoms with Crippen LogP contribution in [0, 0.1) is 16.0 Å². The second-order valence-corrected chi connectivity index (χ2v) is 5.77. The van der Waals surface area contributed by atoms with Gasteiger partial charge in [0.25, 0.3) is 6.20 Å². The molecule has 1 heterocycles. The van der Waals surface area contributed by atoms with E-state index in [1.807, 2.05) is 6.26 Å². The van der Waals surface area contributed by atoms with Gasteiger partial charge in [0, 0.05) is 19.6 Å². The van der Waals surface area contributed by atoms with Gasteiger partial charge >= 0.3 is 0 Å². The molecule has 0 aromatic rings. The number of nitrogens with one attached hydrogen (secondary N) is 1. The zero-order valence-electron chi connectivity index (χ0n) is 11.8. The van der Waals surface area contributed by atoms with Crippen LogP contribution in [0.25, 0.3) is 0 Å². The van der Waals surface area contributed by atoms with Crippen LogP contribution in [0.3, 0.4) is 0 Å². The summed E-state index contributed by atoms with van der Waals surface area (Å²) in [5.41, 5.74) is 0. The highest BCUT2D eigenvalue weighted by atomic mass is 32.2. The molecular formula is C12H23N3O3S. The molecule has 0 aromatic heterocycles. The molecule has 1 aliphatic rings. The van der Waals surface area contributed by atoms with Crippen LogP contribution in [0.2, 0.25) is 0 Å². The van der Waals surface area contributed by atoms with Crippen LogP contribution in [0.5, 0.6) is 0 Å². The van der Waals surface area contributed by atoms with Gasteiger partial charge in [-0.05, 0) is 32.6 Å². The summed E-state index contributed by atoms with van der Waals surface area (Å²) in [6, 6.07) is 0. The quantitative estimate of drug-likeness (QED) is 0.538. The van der Waals surface area contributed by atoms with Crippen molar-refractivity contribution >= 4 is 11.8 Å². The largest absolute Gasteiger partial charge is 0.378 e. The van der Waals surface area contributed by atoms with Crippen molar-refractivity contribution in [2.24, 2.45) is 5.92 Å². The lowest BCUT2D eigenvalue weighted by molar-refractivity contribution is -0.403. The van der Waals surface area contributed by atoms with E-state index in [4.69, 9.17) is 4.74 Å². The average Bonchev–Trinajstić information content (AvgIpc) is 2.72. The van der Waals surface area contributed by atoms with Crippen molar-refractivity contribution < 1.29 is 9.66 Å². The molecule has 1 rings (SSSR count). The van der Waals surface area contributed by atoms with Gasteiger partial charge in [-0.1, -0.05) is 0 Å². The van der Waals surface area contributed by atoms with Crippen molar-refractivity contribution in [1.82, 2.24) is 10.2 Å². The van der Waals surface area contributed by atoms with Gasteiger partial charge in [-0.2, -0.15) is 0 Å². The Kier molecular flexibility index (Phi) is 7.19. The SMILES string of the molecule is CSC(=C[N+](=O)[O-])NCCN(C)CC1COC(C)C1. The van der Waals surface area contributed by atoms with Crippen LogP contribution in [0.4, 0.5) is 0 Å². The minimum Gasteiger partial charge on any atom is -0.378 e. The first-order valence-corrected chi connectivity index (χ1v) is 7.67. The van der Waals surface area contributed by atoms with Crippen LogP contribution in [-0.4, -0.2) is 55.5 Å². The lowest BCUT2D eigenvalue weighted by atomic mass is 10.1. The summed E-state index contributed by atoms with van der Waals surface area (Å²) in [4.78, 5) is 12.2. The lowest BCUT2D eigenvalue weighted by Gasteiger charge is -2.20. The Balaban J connectivity index is 2.19. The van der Waals surface area contributed by atoms with Crippen LogP contribution in [-0.2, 0) is 4.74 Å². The molecular weight excluding hydrogens is 266 g/mol. The summed E-state index contributed by atoms with van der Waals surface area (Å²) in [7, 11) is 2.07. The Morgan fingerprint density at radius 1 is 1.68 bits per heavy atom. The second kappa shape index (κ2) is 8.39. The number of hydrogen-bond donors (Lipinski definition) is 1. The molecule has 110 valence electrons. The number of likely N-dealkylation sites (N-methyl/N-ethyl adjacent to an activating group) is 1. The van der Waals surface area contributed by atoms with Gasteiger partial charge in [0.1, 0.15) is 5.03 Å². The number of hydrogen-bond acceptors (Lipinski definition) is 6. The summed E-state index contributed by atoms with van der Waals surface area (Å²) in [6.45, 7) is 5.53. The smallest absolute Gasteiger partial charge is 0.263 e. The summed E-state index contributed by atoms with van der Waals surface area (Å²) < 4.78 is 5.54. The van der Waals surface area contributed by atoms with Crippen molar-refractivity contribution in [3.63, 3.8) is 0 Å². The summed E-state index contributed by atoms with van der Waals surface area (Å²) in [5, 5.41) is 14.0. The maximum absolute atomic E-state index is 10.4. The van der Waals surface area contributed by atoms with E-state index in [2.05, 4.69) is 24.2 Å². The molecule has 0 saturated carbocycles. The van der Waals surface area contributed by atoms with Crippen LogP contribution in [0.15, 0.2) is 11.2 Å². The zero-order valence-corrected chi connectivity index (χ0v) is 12.6. The molecule has 19 heavy (non-hydrogen) atoms. The highest BCUT2D eigenvalue weighted by Crippen LogP contribution is 2.19. The molecule has 0 bridgehead atoms. The van der Waals surface area contributed by atoms with E-state index in [1.165, 1.54) is 11.8 Å².